The predicted molar refractivity (Wildman–Crippen MR) is 134 cm³/mol. The maximum Gasteiger partial charge on any atom is 0.338 e. The molecule has 0 fully saturated rings. The zero-order chi connectivity index (χ0) is 26.5. The van der Waals surface area contributed by atoms with Crippen LogP contribution in [0.2, 0.25) is 5.02 Å². The van der Waals surface area contributed by atoms with Gasteiger partial charge in [0.15, 0.2) is 6.61 Å². The quantitative estimate of drug-likeness (QED) is 0.281. The van der Waals surface area contributed by atoms with E-state index in [0.29, 0.717) is 11.5 Å². The van der Waals surface area contributed by atoms with Gasteiger partial charge in [0.2, 0.25) is 5.78 Å². The first-order chi connectivity index (χ1) is 17.1. The molecule has 0 N–H and O–H groups in total. The van der Waals surface area contributed by atoms with Gasteiger partial charge in [-0.15, -0.1) is 0 Å². The molecule has 0 saturated carbocycles. The van der Waals surface area contributed by atoms with Crippen molar-refractivity contribution < 1.29 is 37.0 Å². The lowest BCUT2D eigenvalue weighted by Crippen LogP contribution is -2.27. The highest BCUT2D eigenvalue weighted by molar-refractivity contribution is 7.92. The summed E-state index contributed by atoms with van der Waals surface area (Å²) in [5.41, 5.74) is 0.383. The highest BCUT2D eigenvalue weighted by Gasteiger charge is 2.26. The van der Waals surface area contributed by atoms with Gasteiger partial charge in [0, 0.05) is 13.1 Å². The molecule has 0 radical (unpaired) electrons. The minimum Gasteiger partial charge on any atom is -0.496 e. The maximum atomic E-state index is 13.3. The third-order valence-electron chi connectivity index (χ3n) is 5.26. The average Bonchev–Trinajstić information content (AvgIpc) is 2.90. The number of para-hydroxylation sites is 1. The molecule has 0 aromatic heterocycles. The highest BCUT2D eigenvalue weighted by Crippen LogP contribution is 2.39. The number of nitrogens with zero attached hydrogens (tertiary/aromatic N) is 1. The van der Waals surface area contributed by atoms with E-state index in [1.165, 1.54) is 64.8 Å². The van der Waals surface area contributed by atoms with Crippen molar-refractivity contribution in [2.75, 3.05) is 39.3 Å². The number of carbonyl (C=O) groups excluding carboxylic acids is 2. The Morgan fingerprint density at radius 2 is 1.53 bits per heavy atom. The highest BCUT2D eigenvalue weighted by atomic mass is 35.5. The molecule has 11 heteroatoms. The number of ketones is 1. The molecule has 0 atom stereocenters. The Hall–Kier alpha value is -3.76. The third kappa shape index (κ3) is 5.55. The Labute approximate surface area is 214 Å². The molecule has 3 aromatic rings. The van der Waals surface area contributed by atoms with Gasteiger partial charge in [-0.1, -0.05) is 29.8 Å². The predicted octanol–water partition coefficient (Wildman–Crippen LogP) is 4.23. The lowest BCUT2D eigenvalue weighted by atomic mass is 10.1. The van der Waals surface area contributed by atoms with Crippen molar-refractivity contribution in [2.24, 2.45) is 0 Å². The van der Waals surface area contributed by atoms with Crippen LogP contribution in [0.3, 0.4) is 0 Å². The molecule has 0 aliphatic rings. The molecule has 3 rings (SSSR count). The zero-order valence-electron chi connectivity index (χ0n) is 20.0. The van der Waals surface area contributed by atoms with Crippen LogP contribution < -0.4 is 18.5 Å². The standard InChI is InChI=1S/C25H24ClNO8S/c1-27(20-13-19(26)23(33-3)14-24(20)34-4)36(30,31)17-9-7-8-16(12-17)25(29)35-15-21(28)18-10-5-6-11-22(18)32-2/h5-14H,15H2,1-4H3. The maximum absolute atomic E-state index is 13.3. The topological polar surface area (TPSA) is 108 Å². The number of carbonyl (C=O) groups is 2. The summed E-state index contributed by atoms with van der Waals surface area (Å²) >= 11 is 6.19. The second kappa shape index (κ2) is 11.3. The molecule has 0 heterocycles. The summed E-state index contributed by atoms with van der Waals surface area (Å²) in [6, 6.07) is 14.7. The average molecular weight is 534 g/mol. The van der Waals surface area contributed by atoms with Gasteiger partial charge in [-0.05, 0) is 36.4 Å². The van der Waals surface area contributed by atoms with Gasteiger partial charge in [0.25, 0.3) is 10.0 Å². The fourth-order valence-electron chi connectivity index (χ4n) is 3.33. The first-order valence-electron chi connectivity index (χ1n) is 10.5. The van der Waals surface area contributed by atoms with Crippen LogP contribution in [0.5, 0.6) is 17.2 Å². The van der Waals surface area contributed by atoms with E-state index in [9.17, 15) is 18.0 Å². The number of hydrogen-bond donors (Lipinski definition) is 0. The van der Waals surface area contributed by atoms with Gasteiger partial charge in [-0.3, -0.25) is 9.10 Å². The number of methoxy groups -OCH3 is 3. The van der Waals surface area contributed by atoms with Gasteiger partial charge >= 0.3 is 5.97 Å². The van der Waals surface area contributed by atoms with Crippen molar-refractivity contribution in [3.63, 3.8) is 0 Å². The summed E-state index contributed by atoms with van der Waals surface area (Å²) in [5, 5.41) is 0.187. The molecule has 0 bridgehead atoms. The molecule has 9 nitrogen and oxygen atoms in total. The van der Waals surface area contributed by atoms with Crippen LogP contribution in [0.25, 0.3) is 0 Å². The van der Waals surface area contributed by atoms with Crippen molar-refractivity contribution in [3.8, 4) is 17.2 Å². The fraction of sp³-hybridized carbons (Fsp3) is 0.200. The molecule has 190 valence electrons. The monoisotopic (exact) mass is 533 g/mol. The molecule has 0 saturated heterocycles. The summed E-state index contributed by atoms with van der Waals surface area (Å²) in [5.74, 6) is -0.442. The first-order valence-corrected chi connectivity index (χ1v) is 12.3. The smallest absolute Gasteiger partial charge is 0.338 e. The van der Waals surface area contributed by atoms with Crippen LogP contribution >= 0.6 is 11.6 Å². The van der Waals surface area contributed by atoms with Crippen molar-refractivity contribution in [3.05, 3.63) is 76.8 Å². The van der Waals surface area contributed by atoms with E-state index < -0.39 is 28.4 Å². The summed E-state index contributed by atoms with van der Waals surface area (Å²) in [4.78, 5) is 24.9. The number of hydrogen-bond acceptors (Lipinski definition) is 8. The lowest BCUT2D eigenvalue weighted by molar-refractivity contribution is 0.0473. The number of sulfonamides is 1. The fourth-order valence-corrected chi connectivity index (χ4v) is 4.81. The molecular formula is C25H24ClNO8S. The van der Waals surface area contributed by atoms with Gasteiger partial charge in [0.1, 0.15) is 17.2 Å². The van der Waals surface area contributed by atoms with E-state index in [1.54, 1.807) is 24.3 Å². The van der Waals surface area contributed by atoms with Gasteiger partial charge in [0.05, 0.1) is 48.1 Å². The van der Waals surface area contributed by atoms with Crippen LogP contribution in [0.15, 0.2) is 65.6 Å². The van der Waals surface area contributed by atoms with Crippen molar-refractivity contribution in [1.29, 1.82) is 0 Å². The Morgan fingerprint density at radius 1 is 0.861 bits per heavy atom. The summed E-state index contributed by atoms with van der Waals surface area (Å²) in [6.07, 6.45) is 0. The molecule has 0 spiro atoms. The molecule has 0 aliphatic carbocycles. The largest absolute Gasteiger partial charge is 0.496 e. The van der Waals surface area contributed by atoms with Gasteiger partial charge in [-0.2, -0.15) is 0 Å². The normalized spacial score (nSPS) is 10.9. The second-order valence-corrected chi connectivity index (χ2v) is 9.74. The summed E-state index contributed by atoms with van der Waals surface area (Å²) in [7, 11) is 1.43. The van der Waals surface area contributed by atoms with Crippen LogP contribution in [0, 0.1) is 0 Å². The summed E-state index contributed by atoms with van der Waals surface area (Å²) < 4.78 is 48.4. The zero-order valence-corrected chi connectivity index (χ0v) is 21.6. The Bertz CT molecular complexity index is 1390. The van der Waals surface area contributed by atoms with Crippen LogP contribution in [0.4, 0.5) is 5.69 Å². The van der Waals surface area contributed by atoms with E-state index in [-0.39, 0.29) is 32.5 Å². The lowest BCUT2D eigenvalue weighted by Gasteiger charge is -2.23. The molecule has 3 aromatic carbocycles. The van der Waals surface area contributed by atoms with Crippen LogP contribution in [-0.2, 0) is 14.8 Å². The summed E-state index contributed by atoms with van der Waals surface area (Å²) in [6.45, 7) is -0.544. The van der Waals surface area contributed by atoms with Crippen LogP contribution in [-0.4, -0.2) is 55.2 Å². The second-order valence-electron chi connectivity index (χ2n) is 7.36. The van der Waals surface area contributed by atoms with Crippen molar-refractivity contribution in [2.45, 2.75) is 4.90 Å². The number of benzene rings is 3. The number of esters is 1. The van der Waals surface area contributed by atoms with E-state index in [2.05, 4.69) is 0 Å². The van der Waals surface area contributed by atoms with Crippen molar-refractivity contribution >= 4 is 39.1 Å². The third-order valence-corrected chi connectivity index (χ3v) is 7.33. The molecule has 0 unspecified atom stereocenters. The van der Waals surface area contributed by atoms with Gasteiger partial charge < -0.3 is 18.9 Å². The number of ether oxygens (including phenoxy) is 4. The number of rotatable bonds is 10. The Balaban J connectivity index is 1.83. The van der Waals surface area contributed by atoms with E-state index in [0.717, 1.165) is 4.31 Å². The SMILES string of the molecule is COc1cc(OC)c(N(C)S(=O)(=O)c2cccc(C(=O)OCC(=O)c3ccccc3OC)c2)cc1Cl. The Morgan fingerprint density at radius 3 is 2.19 bits per heavy atom. The number of anilines is 1. The minimum atomic E-state index is -4.14. The van der Waals surface area contributed by atoms with E-state index in [1.807, 2.05) is 0 Å². The van der Waals surface area contributed by atoms with E-state index in [4.69, 9.17) is 30.5 Å². The number of halogens is 1. The van der Waals surface area contributed by atoms with E-state index >= 15 is 0 Å². The first kappa shape index (κ1) is 26.8. The van der Waals surface area contributed by atoms with Gasteiger partial charge in [-0.25, -0.2) is 13.2 Å². The molecular weight excluding hydrogens is 510 g/mol. The Kier molecular flexibility index (Phi) is 8.44. The minimum absolute atomic E-state index is 0.0444. The number of Topliss-reactive ketones (excluding diaryl/α,β-unsaturated/α-hetero) is 1. The van der Waals surface area contributed by atoms with Crippen molar-refractivity contribution in [1.82, 2.24) is 0 Å². The molecule has 0 aliphatic heterocycles. The molecule has 36 heavy (non-hydrogen) atoms. The van der Waals surface area contributed by atoms with Crippen LogP contribution in [0.1, 0.15) is 20.7 Å². The molecule has 0 amide bonds.